The first-order valence-electron chi connectivity index (χ1n) is 15.5. The van der Waals surface area contributed by atoms with E-state index in [2.05, 4.69) is 60.1 Å². The Balaban J connectivity index is 1.23. The molecule has 0 saturated heterocycles. The molecule has 0 radical (unpaired) electrons. The summed E-state index contributed by atoms with van der Waals surface area (Å²) in [4.78, 5) is 0. The summed E-state index contributed by atoms with van der Waals surface area (Å²) in [5.74, 6) is 14.8. The average Bonchev–Trinajstić information content (AvgIpc) is 2.95. The van der Waals surface area contributed by atoms with E-state index in [1.165, 1.54) is 88.2 Å². The number of rotatable bonds is 3. The van der Waals surface area contributed by atoms with E-state index in [1.54, 1.807) is 0 Å². The van der Waals surface area contributed by atoms with Crippen LogP contribution in [-0.2, 0) is 10.8 Å². The maximum absolute atomic E-state index is 5.96. The molecule has 10 rings (SSSR count). The molecule has 4 unspecified atom stereocenters. The Labute approximate surface area is 241 Å². The third-order valence-corrected chi connectivity index (χ3v) is 13.1. The molecule has 2 aromatic carbocycles. The van der Waals surface area contributed by atoms with Gasteiger partial charge >= 0.3 is 0 Å². The van der Waals surface area contributed by atoms with E-state index in [0.717, 1.165) is 45.9 Å². The van der Waals surface area contributed by atoms with Gasteiger partial charge in [-0.2, -0.15) is 0 Å². The number of terminal acetylenes is 4. The van der Waals surface area contributed by atoms with Gasteiger partial charge in [0.2, 0.25) is 0 Å². The molecule has 0 aromatic heterocycles. The van der Waals surface area contributed by atoms with E-state index < -0.39 is 0 Å². The van der Waals surface area contributed by atoms with Crippen molar-refractivity contribution in [2.45, 2.75) is 87.9 Å². The lowest BCUT2D eigenvalue weighted by Crippen LogP contribution is -2.66. The van der Waals surface area contributed by atoms with Gasteiger partial charge in [-0.3, -0.25) is 0 Å². The van der Waals surface area contributed by atoms with E-state index in [-0.39, 0.29) is 10.8 Å². The monoisotopic (exact) mass is 518 g/mol. The molecule has 0 heterocycles. The largest absolute Gasteiger partial charge is 0.115 e. The van der Waals surface area contributed by atoms with Gasteiger partial charge < -0.3 is 0 Å². The Kier molecular flexibility index (Phi) is 4.97. The van der Waals surface area contributed by atoms with Crippen LogP contribution in [0, 0.1) is 83.9 Å². The first-order chi connectivity index (χ1) is 19.4. The minimum Gasteiger partial charge on any atom is -0.115 e. The first kappa shape index (κ1) is 24.5. The second-order valence-corrected chi connectivity index (χ2v) is 15.1. The molecule has 8 fully saturated rings. The maximum atomic E-state index is 5.96. The van der Waals surface area contributed by atoms with Crippen molar-refractivity contribution in [2.75, 3.05) is 0 Å². The molecular formula is C40H38. The minimum atomic E-state index is 0.254. The molecule has 0 N–H and O–H groups in total. The normalized spacial score (nSPS) is 41.6. The van der Waals surface area contributed by atoms with Crippen LogP contribution >= 0.6 is 0 Å². The molecule has 8 saturated carbocycles. The second kappa shape index (κ2) is 8.12. The predicted molar refractivity (Wildman–Crippen MR) is 162 cm³/mol. The fourth-order valence-electron chi connectivity index (χ4n) is 12.7. The van der Waals surface area contributed by atoms with Crippen LogP contribution in [0.2, 0.25) is 0 Å². The van der Waals surface area contributed by atoms with Gasteiger partial charge in [-0.1, -0.05) is 35.8 Å². The van der Waals surface area contributed by atoms with E-state index in [1.807, 2.05) is 0 Å². The Morgan fingerprint density at radius 1 is 0.475 bits per heavy atom. The van der Waals surface area contributed by atoms with Gasteiger partial charge in [0.25, 0.3) is 0 Å². The molecule has 0 aliphatic heterocycles. The van der Waals surface area contributed by atoms with Gasteiger partial charge in [-0.25, -0.2) is 0 Å². The van der Waals surface area contributed by atoms with Crippen molar-refractivity contribution in [2.24, 2.45) is 34.5 Å². The van der Waals surface area contributed by atoms with E-state index in [9.17, 15) is 0 Å². The van der Waals surface area contributed by atoms with Crippen LogP contribution in [0.5, 0.6) is 0 Å². The molecule has 0 spiro atoms. The fraction of sp³-hybridized carbons (Fsp3) is 0.500. The van der Waals surface area contributed by atoms with Gasteiger partial charge in [-0.05, 0) is 158 Å². The van der Waals surface area contributed by atoms with Crippen LogP contribution in [0.15, 0.2) is 36.4 Å². The molecule has 8 aliphatic carbocycles. The summed E-state index contributed by atoms with van der Waals surface area (Å²) in [5.41, 5.74) is 7.85. The standard InChI is InChI=1S/C40H38/c1-5-31-9-11-35(15-33(31)7-3)37-17-27-13-28(18-37)22-39(21-27,25-37)40-23-29-14-30(24-40)20-38(19-29,26-40)36-12-10-32(6-2)34(8-4)16-36/h1-4,9-12,15-16,27-30H,13-14,17-26H2. The molecule has 8 bridgehead atoms. The van der Waals surface area contributed by atoms with Crippen LogP contribution in [0.25, 0.3) is 0 Å². The minimum absolute atomic E-state index is 0.254. The number of hydrogen-bond acceptors (Lipinski definition) is 0. The highest BCUT2D eigenvalue weighted by Crippen LogP contribution is 2.78. The predicted octanol–water partition coefficient (Wildman–Crippen LogP) is 7.99. The lowest BCUT2D eigenvalue weighted by molar-refractivity contribution is -0.212. The zero-order valence-electron chi connectivity index (χ0n) is 23.6. The van der Waals surface area contributed by atoms with Crippen molar-refractivity contribution < 1.29 is 0 Å². The van der Waals surface area contributed by atoms with Crippen molar-refractivity contribution in [3.05, 3.63) is 69.8 Å². The summed E-state index contributed by atoms with van der Waals surface area (Å²) in [5, 5.41) is 0. The molecule has 0 heteroatoms. The van der Waals surface area contributed by atoms with E-state index in [0.29, 0.717) is 10.8 Å². The molecule has 0 nitrogen and oxygen atoms in total. The van der Waals surface area contributed by atoms with E-state index >= 15 is 0 Å². The average molecular weight is 519 g/mol. The maximum Gasteiger partial charge on any atom is 0.0402 e. The molecule has 4 atom stereocenters. The second-order valence-electron chi connectivity index (χ2n) is 15.1. The quantitative estimate of drug-likeness (QED) is 0.361. The molecule has 2 aromatic rings. The van der Waals surface area contributed by atoms with Crippen molar-refractivity contribution in [1.82, 2.24) is 0 Å². The van der Waals surface area contributed by atoms with Crippen LogP contribution in [-0.4, -0.2) is 0 Å². The van der Waals surface area contributed by atoms with Gasteiger partial charge in [-0.15, -0.1) is 25.7 Å². The number of hydrogen-bond donors (Lipinski definition) is 0. The lowest BCUT2D eigenvalue weighted by Gasteiger charge is -2.74. The highest BCUT2D eigenvalue weighted by molar-refractivity contribution is 5.53. The Bertz CT molecular complexity index is 1450. The van der Waals surface area contributed by atoms with Crippen LogP contribution in [0.1, 0.15) is 110 Å². The van der Waals surface area contributed by atoms with Gasteiger partial charge in [0.1, 0.15) is 0 Å². The molecule has 40 heavy (non-hydrogen) atoms. The van der Waals surface area contributed by atoms with Crippen LogP contribution in [0.4, 0.5) is 0 Å². The van der Waals surface area contributed by atoms with Crippen molar-refractivity contribution in [3.63, 3.8) is 0 Å². The zero-order chi connectivity index (χ0) is 27.3. The zero-order valence-corrected chi connectivity index (χ0v) is 23.6. The van der Waals surface area contributed by atoms with Crippen LogP contribution < -0.4 is 0 Å². The van der Waals surface area contributed by atoms with Crippen molar-refractivity contribution in [1.29, 1.82) is 0 Å². The summed E-state index contributed by atoms with van der Waals surface area (Å²) >= 11 is 0. The van der Waals surface area contributed by atoms with Crippen molar-refractivity contribution >= 4 is 0 Å². The molecule has 0 amide bonds. The van der Waals surface area contributed by atoms with Gasteiger partial charge in [0, 0.05) is 22.3 Å². The fourth-order valence-corrected chi connectivity index (χ4v) is 12.7. The summed E-state index contributed by atoms with van der Waals surface area (Å²) in [6, 6.07) is 13.5. The highest BCUT2D eigenvalue weighted by atomic mass is 14.7. The summed E-state index contributed by atoms with van der Waals surface area (Å²) in [7, 11) is 0. The Morgan fingerprint density at radius 2 is 0.825 bits per heavy atom. The summed E-state index contributed by atoms with van der Waals surface area (Å²) < 4.78 is 0. The SMILES string of the molecule is C#Cc1ccc(C23CC4CC(C2)CC(C25CC6CC(CC(c7ccc(C#C)c(C#C)c7)(C6)C2)C5)(C4)C3)cc1C#C. The Hall–Kier alpha value is -3.32. The van der Waals surface area contributed by atoms with Gasteiger partial charge in [0.15, 0.2) is 0 Å². The molecule has 198 valence electrons. The third kappa shape index (κ3) is 3.15. The van der Waals surface area contributed by atoms with Crippen LogP contribution in [0.3, 0.4) is 0 Å². The van der Waals surface area contributed by atoms with E-state index in [4.69, 9.17) is 25.7 Å². The highest BCUT2D eigenvalue weighted by Gasteiger charge is 2.70. The first-order valence-corrected chi connectivity index (χ1v) is 15.5. The van der Waals surface area contributed by atoms with Gasteiger partial charge in [0.05, 0.1) is 0 Å². The summed E-state index contributed by atoms with van der Waals surface area (Å²) in [6.45, 7) is 0. The van der Waals surface area contributed by atoms with Crippen molar-refractivity contribution in [3.8, 4) is 49.4 Å². The number of benzene rings is 2. The summed E-state index contributed by atoms with van der Waals surface area (Å²) in [6.07, 6.45) is 40.1. The smallest absolute Gasteiger partial charge is 0.0402 e. The third-order valence-electron chi connectivity index (χ3n) is 13.1. The Morgan fingerprint density at radius 3 is 1.15 bits per heavy atom. The lowest BCUT2D eigenvalue weighted by atomic mass is 9.30. The topological polar surface area (TPSA) is 0 Å². The molecule has 8 aliphatic rings. The molecular weight excluding hydrogens is 480 g/mol.